The Morgan fingerprint density at radius 2 is 1.76 bits per heavy atom. The van der Waals surface area contributed by atoms with E-state index in [1.807, 2.05) is 24.3 Å². The number of benzene rings is 1. The summed E-state index contributed by atoms with van der Waals surface area (Å²) in [7, 11) is 2.11. The van der Waals surface area contributed by atoms with Gasteiger partial charge in [-0.05, 0) is 44.7 Å². The molecule has 4 nitrogen and oxygen atoms in total. The summed E-state index contributed by atoms with van der Waals surface area (Å²) in [6.07, 6.45) is 4.07. The summed E-state index contributed by atoms with van der Waals surface area (Å²) >= 11 is 0. The number of carbonyl (C=O) groups excluding carboxylic acids is 2. The number of Topliss-reactive ketones (excluding diaryl/α,β-unsaturated/α-hetero) is 1. The van der Waals surface area contributed by atoms with Crippen LogP contribution in [0.5, 0.6) is 0 Å². The van der Waals surface area contributed by atoms with Gasteiger partial charge in [-0.25, -0.2) is 0 Å². The van der Waals surface area contributed by atoms with E-state index in [4.69, 9.17) is 0 Å². The summed E-state index contributed by atoms with van der Waals surface area (Å²) < 4.78 is 0. The first-order valence-corrected chi connectivity index (χ1v) is 9.47. The number of nitrogens with zero attached hydrogens (tertiary/aromatic N) is 1. The van der Waals surface area contributed by atoms with Crippen molar-refractivity contribution in [2.24, 2.45) is 5.92 Å². The van der Waals surface area contributed by atoms with Crippen molar-refractivity contribution in [3.63, 3.8) is 0 Å². The van der Waals surface area contributed by atoms with Crippen molar-refractivity contribution in [3.05, 3.63) is 35.4 Å². The molecule has 4 heteroatoms. The quantitative estimate of drug-likeness (QED) is 0.662. The zero-order chi connectivity index (χ0) is 18.4. The molecular weight excluding hydrogens is 312 g/mol. The maximum absolute atomic E-state index is 12.2. The summed E-state index contributed by atoms with van der Waals surface area (Å²) in [6.45, 7) is 7.13. The number of nitrogens with one attached hydrogen (secondary N) is 1. The molecule has 0 aliphatic heterocycles. The van der Waals surface area contributed by atoms with E-state index >= 15 is 0 Å². The van der Waals surface area contributed by atoms with Gasteiger partial charge in [-0.15, -0.1) is 0 Å². The predicted octanol–water partition coefficient (Wildman–Crippen LogP) is 3.45. The van der Waals surface area contributed by atoms with E-state index in [9.17, 15) is 9.59 Å². The number of rotatable bonds is 10. The summed E-state index contributed by atoms with van der Waals surface area (Å²) in [5.74, 6) is 0.599. The van der Waals surface area contributed by atoms with Crippen molar-refractivity contribution < 1.29 is 9.59 Å². The molecule has 1 aromatic rings. The highest BCUT2D eigenvalue weighted by atomic mass is 16.2. The minimum Gasteiger partial charge on any atom is -0.355 e. The molecule has 2 rings (SSSR count). The molecule has 1 fully saturated rings. The maximum atomic E-state index is 12.2. The fourth-order valence-corrected chi connectivity index (χ4v) is 3.01. The molecular formula is C21H32N2O2. The third-order valence-corrected chi connectivity index (χ3v) is 4.91. The van der Waals surface area contributed by atoms with Gasteiger partial charge in [0.05, 0.1) is 0 Å². The number of hydrogen-bond acceptors (Lipinski definition) is 3. The van der Waals surface area contributed by atoms with Crippen LogP contribution in [0.3, 0.4) is 0 Å². The molecule has 0 radical (unpaired) electrons. The normalized spacial score (nSPS) is 15.4. The highest BCUT2D eigenvalue weighted by molar-refractivity contribution is 5.97. The second-order valence-electron chi connectivity index (χ2n) is 7.77. The minimum absolute atomic E-state index is 0.0365. The van der Waals surface area contributed by atoms with E-state index in [0.29, 0.717) is 30.1 Å². The van der Waals surface area contributed by atoms with Crippen molar-refractivity contribution in [2.45, 2.75) is 65.0 Å². The van der Waals surface area contributed by atoms with Crippen molar-refractivity contribution in [2.75, 3.05) is 13.6 Å². The highest BCUT2D eigenvalue weighted by Crippen LogP contribution is 2.26. The average Bonchev–Trinajstić information content (AvgIpc) is 3.42. The zero-order valence-corrected chi connectivity index (χ0v) is 16.0. The van der Waals surface area contributed by atoms with Crippen LogP contribution in [-0.2, 0) is 11.2 Å². The van der Waals surface area contributed by atoms with Gasteiger partial charge < -0.3 is 5.32 Å². The summed E-state index contributed by atoms with van der Waals surface area (Å²) in [4.78, 5) is 26.5. The van der Waals surface area contributed by atoms with Crippen LogP contribution >= 0.6 is 0 Å². The van der Waals surface area contributed by atoms with Gasteiger partial charge in [0.15, 0.2) is 5.78 Å². The summed E-state index contributed by atoms with van der Waals surface area (Å²) in [5, 5.41) is 2.95. The third-order valence-electron chi connectivity index (χ3n) is 4.91. The number of hydrogen-bond donors (Lipinski definition) is 1. The molecule has 1 unspecified atom stereocenters. The maximum Gasteiger partial charge on any atom is 0.220 e. The van der Waals surface area contributed by atoms with Crippen molar-refractivity contribution in [1.29, 1.82) is 0 Å². The van der Waals surface area contributed by atoms with E-state index in [-0.39, 0.29) is 24.5 Å². The van der Waals surface area contributed by atoms with Crippen LogP contribution in [0.2, 0.25) is 0 Å². The van der Waals surface area contributed by atoms with E-state index in [1.165, 1.54) is 18.4 Å². The lowest BCUT2D eigenvalue weighted by molar-refractivity contribution is -0.121. The largest absolute Gasteiger partial charge is 0.355 e. The molecule has 0 bridgehead atoms. The van der Waals surface area contributed by atoms with Crippen LogP contribution in [0, 0.1) is 5.92 Å². The fraction of sp³-hybridized carbons (Fsp3) is 0.619. The monoisotopic (exact) mass is 344 g/mol. The summed E-state index contributed by atoms with van der Waals surface area (Å²) in [6, 6.07) is 8.81. The van der Waals surface area contributed by atoms with Gasteiger partial charge in [0.2, 0.25) is 5.91 Å². The molecule has 0 heterocycles. The first kappa shape index (κ1) is 19.6. The molecule has 0 saturated heterocycles. The molecule has 138 valence electrons. The van der Waals surface area contributed by atoms with Gasteiger partial charge in [0, 0.05) is 37.0 Å². The Morgan fingerprint density at radius 3 is 2.32 bits per heavy atom. The first-order chi connectivity index (χ1) is 11.9. The highest BCUT2D eigenvalue weighted by Gasteiger charge is 2.29. The lowest BCUT2D eigenvalue weighted by Gasteiger charge is -2.24. The molecule has 1 amide bonds. The van der Waals surface area contributed by atoms with Crippen LogP contribution in [0.25, 0.3) is 0 Å². The molecule has 1 aliphatic carbocycles. The number of ketones is 1. The van der Waals surface area contributed by atoms with E-state index in [2.05, 4.69) is 38.0 Å². The Kier molecular flexibility index (Phi) is 7.18. The van der Waals surface area contributed by atoms with Gasteiger partial charge in [0.25, 0.3) is 0 Å². The average molecular weight is 344 g/mol. The zero-order valence-electron chi connectivity index (χ0n) is 16.0. The number of carbonyl (C=O) groups is 2. The second-order valence-corrected chi connectivity index (χ2v) is 7.77. The molecule has 1 N–H and O–H groups in total. The Labute approximate surface area is 152 Å². The second kappa shape index (κ2) is 9.14. The van der Waals surface area contributed by atoms with Crippen molar-refractivity contribution in [3.8, 4) is 0 Å². The fourth-order valence-electron chi connectivity index (χ4n) is 3.01. The van der Waals surface area contributed by atoms with Crippen molar-refractivity contribution in [1.82, 2.24) is 10.2 Å². The van der Waals surface area contributed by atoms with Crippen LogP contribution in [-0.4, -0.2) is 42.3 Å². The minimum atomic E-state index is -0.0409. The number of amides is 1. The standard InChI is InChI=1S/C21H32N2O2/c1-15(2)13-17-5-7-18(8-6-17)20(24)11-12-21(25)22-14-16(3)23(4)19-9-10-19/h5-8,15-16,19H,9-14H2,1-4H3,(H,22,25). The molecule has 1 aromatic carbocycles. The Bertz CT molecular complexity index is 576. The molecule has 0 aromatic heterocycles. The predicted molar refractivity (Wildman–Crippen MR) is 102 cm³/mol. The van der Waals surface area contributed by atoms with Crippen LogP contribution in [0.15, 0.2) is 24.3 Å². The van der Waals surface area contributed by atoms with Crippen LogP contribution in [0.1, 0.15) is 62.4 Å². The van der Waals surface area contributed by atoms with Gasteiger partial charge in [0.1, 0.15) is 0 Å². The Morgan fingerprint density at radius 1 is 1.12 bits per heavy atom. The van der Waals surface area contributed by atoms with Crippen LogP contribution < -0.4 is 5.32 Å². The Balaban J connectivity index is 1.70. The topological polar surface area (TPSA) is 49.4 Å². The third kappa shape index (κ3) is 6.62. The Hall–Kier alpha value is -1.68. The molecule has 25 heavy (non-hydrogen) atoms. The van der Waals surface area contributed by atoms with Gasteiger partial charge in [-0.1, -0.05) is 38.1 Å². The smallest absolute Gasteiger partial charge is 0.220 e. The number of likely N-dealkylation sites (N-methyl/N-ethyl adjacent to an activating group) is 1. The van der Waals surface area contributed by atoms with Gasteiger partial charge in [-0.3, -0.25) is 14.5 Å². The van der Waals surface area contributed by atoms with Gasteiger partial charge in [-0.2, -0.15) is 0 Å². The molecule has 1 atom stereocenters. The molecule has 1 saturated carbocycles. The SMILES string of the molecule is CC(C)Cc1ccc(C(=O)CCC(=O)NCC(C)N(C)C2CC2)cc1. The lowest BCUT2D eigenvalue weighted by Crippen LogP contribution is -2.41. The van der Waals surface area contributed by atoms with Crippen molar-refractivity contribution >= 4 is 11.7 Å². The summed E-state index contributed by atoms with van der Waals surface area (Å²) in [5.41, 5.74) is 1.94. The van der Waals surface area contributed by atoms with E-state index < -0.39 is 0 Å². The lowest BCUT2D eigenvalue weighted by atomic mass is 9.99. The first-order valence-electron chi connectivity index (χ1n) is 9.47. The van der Waals surface area contributed by atoms with Crippen LogP contribution in [0.4, 0.5) is 0 Å². The van der Waals surface area contributed by atoms with Gasteiger partial charge >= 0.3 is 0 Å². The van der Waals surface area contributed by atoms with E-state index in [1.54, 1.807) is 0 Å². The molecule has 1 aliphatic rings. The van der Waals surface area contributed by atoms with E-state index in [0.717, 1.165) is 6.42 Å². The molecule has 0 spiro atoms.